The molecule has 0 aliphatic heterocycles. The molecule has 0 heterocycles. The van der Waals surface area contributed by atoms with Gasteiger partial charge in [0, 0.05) is 5.56 Å². The summed E-state index contributed by atoms with van der Waals surface area (Å²) >= 11 is 0. The Hall–Kier alpha value is -2.82. The predicted molar refractivity (Wildman–Crippen MR) is 102 cm³/mol. The number of ether oxygens (including phenoxy) is 2. The summed E-state index contributed by atoms with van der Waals surface area (Å²) in [5.41, 5.74) is 4.18. The molecule has 134 valence electrons. The quantitative estimate of drug-likeness (QED) is 0.649. The predicted octanol–water partition coefficient (Wildman–Crippen LogP) is 3.76. The molecule has 0 fully saturated rings. The minimum Gasteiger partial charge on any atom is -0.487 e. The van der Waals surface area contributed by atoms with Gasteiger partial charge in [0.25, 0.3) is 0 Å². The van der Waals surface area contributed by atoms with Gasteiger partial charge in [-0.25, -0.2) is 0 Å². The Morgan fingerprint density at radius 2 is 1.19 bits per heavy atom. The zero-order valence-corrected chi connectivity index (χ0v) is 14.5. The van der Waals surface area contributed by atoms with Gasteiger partial charge in [-0.15, -0.1) is 0 Å². The lowest BCUT2D eigenvalue weighted by atomic mass is 9.99. The average molecular weight is 350 g/mol. The summed E-state index contributed by atoms with van der Waals surface area (Å²) in [5, 5.41) is 18.1. The van der Waals surface area contributed by atoms with E-state index in [9.17, 15) is 0 Å². The largest absolute Gasteiger partial charge is 0.487 e. The zero-order chi connectivity index (χ0) is 18.2. The molecule has 4 nitrogen and oxygen atoms in total. The van der Waals surface area contributed by atoms with Crippen LogP contribution in [0.2, 0.25) is 0 Å². The highest BCUT2D eigenvalue weighted by atomic mass is 16.5. The molecule has 2 N–H and O–H groups in total. The number of aliphatic hydroxyl groups is 2. The van der Waals surface area contributed by atoms with Gasteiger partial charge in [0.1, 0.15) is 13.2 Å². The van der Waals surface area contributed by atoms with Crippen molar-refractivity contribution in [3.05, 3.63) is 72.8 Å². The fourth-order valence-electron chi connectivity index (χ4n) is 2.78. The van der Waals surface area contributed by atoms with Gasteiger partial charge in [-0.2, -0.15) is 0 Å². The Bertz CT molecular complexity index is 813. The van der Waals surface area contributed by atoms with Gasteiger partial charge in [-0.05, 0) is 22.8 Å². The molecular weight excluding hydrogens is 328 g/mol. The number of rotatable bonds is 8. The van der Waals surface area contributed by atoms with E-state index in [1.54, 1.807) is 6.07 Å². The molecule has 0 saturated carbocycles. The summed E-state index contributed by atoms with van der Waals surface area (Å²) in [6.45, 7) is 0.205. The van der Waals surface area contributed by atoms with Crippen LogP contribution >= 0.6 is 0 Å². The lowest BCUT2D eigenvalue weighted by molar-refractivity contribution is 0.179. The second-order valence-corrected chi connectivity index (χ2v) is 5.72. The molecule has 0 saturated heterocycles. The van der Waals surface area contributed by atoms with Crippen molar-refractivity contribution in [2.75, 3.05) is 26.4 Å². The highest BCUT2D eigenvalue weighted by molar-refractivity contribution is 5.76. The van der Waals surface area contributed by atoms with Crippen LogP contribution in [-0.2, 0) is 0 Å². The highest BCUT2D eigenvalue weighted by Gasteiger charge is 2.13. The summed E-state index contributed by atoms with van der Waals surface area (Å²) in [4.78, 5) is 0. The second kappa shape index (κ2) is 9.04. The molecule has 0 spiro atoms. The molecule has 3 aromatic rings. The summed E-state index contributed by atoms with van der Waals surface area (Å²) in [6, 6.07) is 24.1. The highest BCUT2D eigenvalue weighted by Crippen LogP contribution is 2.38. The van der Waals surface area contributed by atoms with Crippen molar-refractivity contribution in [2.45, 2.75) is 0 Å². The van der Waals surface area contributed by atoms with E-state index in [4.69, 9.17) is 19.7 Å². The molecule has 3 rings (SSSR count). The van der Waals surface area contributed by atoms with E-state index in [1.165, 1.54) is 0 Å². The Morgan fingerprint density at radius 3 is 1.88 bits per heavy atom. The van der Waals surface area contributed by atoms with Crippen LogP contribution in [0.25, 0.3) is 22.3 Å². The Morgan fingerprint density at radius 1 is 0.577 bits per heavy atom. The summed E-state index contributed by atoms with van der Waals surface area (Å²) in [5.74, 6) is 1.12. The zero-order valence-electron chi connectivity index (χ0n) is 14.5. The molecule has 3 aromatic carbocycles. The second-order valence-electron chi connectivity index (χ2n) is 5.72. The van der Waals surface area contributed by atoms with Crippen molar-refractivity contribution >= 4 is 0 Å². The van der Waals surface area contributed by atoms with E-state index in [0.29, 0.717) is 11.5 Å². The summed E-state index contributed by atoms with van der Waals surface area (Å²) < 4.78 is 11.3. The molecule has 0 aliphatic rings. The van der Waals surface area contributed by atoms with Crippen molar-refractivity contribution in [3.63, 3.8) is 0 Å². The third kappa shape index (κ3) is 4.23. The standard InChI is InChI=1S/C22H22O4/c23-13-15-25-21-8-4-7-20(22(21)26-16-14-24)19-11-9-18(10-12-19)17-5-2-1-3-6-17/h1-12,23-24H,13-16H2. The lowest BCUT2D eigenvalue weighted by Crippen LogP contribution is -2.07. The van der Waals surface area contributed by atoms with Crippen molar-refractivity contribution in [2.24, 2.45) is 0 Å². The topological polar surface area (TPSA) is 58.9 Å². The van der Waals surface area contributed by atoms with E-state index in [0.717, 1.165) is 22.3 Å². The van der Waals surface area contributed by atoms with Crippen LogP contribution in [0.5, 0.6) is 11.5 Å². The molecule has 0 aliphatic carbocycles. The Kier molecular flexibility index (Phi) is 6.25. The van der Waals surface area contributed by atoms with Gasteiger partial charge in [-0.3, -0.25) is 0 Å². The maximum absolute atomic E-state index is 9.11. The van der Waals surface area contributed by atoms with Crippen molar-refractivity contribution < 1.29 is 19.7 Å². The molecule has 0 aromatic heterocycles. The minimum atomic E-state index is -0.0826. The first-order valence-corrected chi connectivity index (χ1v) is 8.59. The fourth-order valence-corrected chi connectivity index (χ4v) is 2.78. The third-order valence-electron chi connectivity index (χ3n) is 3.97. The third-order valence-corrected chi connectivity index (χ3v) is 3.97. The molecule has 0 atom stereocenters. The monoisotopic (exact) mass is 350 g/mol. The molecule has 0 bridgehead atoms. The van der Waals surface area contributed by atoms with Gasteiger partial charge in [0.05, 0.1) is 13.2 Å². The number of hydrogen-bond acceptors (Lipinski definition) is 4. The minimum absolute atomic E-state index is 0.0740. The maximum Gasteiger partial charge on any atom is 0.169 e. The SMILES string of the molecule is OCCOc1cccc(-c2ccc(-c3ccccc3)cc2)c1OCCO. The number of aliphatic hydroxyl groups excluding tert-OH is 2. The van der Waals surface area contributed by atoms with E-state index >= 15 is 0 Å². The van der Waals surface area contributed by atoms with Gasteiger partial charge in [0.2, 0.25) is 0 Å². The van der Waals surface area contributed by atoms with Gasteiger partial charge in [0.15, 0.2) is 11.5 Å². The van der Waals surface area contributed by atoms with E-state index in [-0.39, 0.29) is 26.4 Å². The van der Waals surface area contributed by atoms with Crippen LogP contribution in [0.1, 0.15) is 0 Å². The average Bonchev–Trinajstić information content (AvgIpc) is 2.71. The smallest absolute Gasteiger partial charge is 0.169 e. The van der Waals surface area contributed by atoms with Crippen LogP contribution < -0.4 is 9.47 Å². The molecule has 0 amide bonds. The molecular formula is C22H22O4. The van der Waals surface area contributed by atoms with Crippen LogP contribution in [0.15, 0.2) is 72.8 Å². The van der Waals surface area contributed by atoms with Crippen molar-refractivity contribution in [1.29, 1.82) is 0 Å². The van der Waals surface area contributed by atoms with E-state index in [1.807, 2.05) is 42.5 Å². The van der Waals surface area contributed by atoms with Crippen LogP contribution in [0.3, 0.4) is 0 Å². The Balaban J connectivity index is 1.94. The van der Waals surface area contributed by atoms with Crippen LogP contribution in [-0.4, -0.2) is 36.6 Å². The molecule has 0 unspecified atom stereocenters. The van der Waals surface area contributed by atoms with Crippen molar-refractivity contribution in [1.82, 2.24) is 0 Å². The number of benzene rings is 3. The van der Waals surface area contributed by atoms with E-state index < -0.39 is 0 Å². The van der Waals surface area contributed by atoms with Gasteiger partial charge >= 0.3 is 0 Å². The fraction of sp³-hybridized carbons (Fsp3) is 0.182. The van der Waals surface area contributed by atoms with Crippen LogP contribution in [0.4, 0.5) is 0 Å². The first-order chi connectivity index (χ1) is 12.8. The molecule has 4 heteroatoms. The van der Waals surface area contributed by atoms with Gasteiger partial charge in [-0.1, -0.05) is 66.7 Å². The molecule has 26 heavy (non-hydrogen) atoms. The number of hydrogen-bond donors (Lipinski definition) is 2. The maximum atomic E-state index is 9.11. The Labute approximate surface area is 153 Å². The summed E-state index contributed by atoms with van der Waals surface area (Å²) in [6.07, 6.45) is 0. The first-order valence-electron chi connectivity index (χ1n) is 8.59. The van der Waals surface area contributed by atoms with E-state index in [2.05, 4.69) is 24.3 Å². The number of para-hydroxylation sites is 1. The summed E-state index contributed by atoms with van der Waals surface area (Å²) in [7, 11) is 0. The van der Waals surface area contributed by atoms with Crippen LogP contribution in [0, 0.1) is 0 Å². The van der Waals surface area contributed by atoms with Gasteiger partial charge < -0.3 is 19.7 Å². The lowest BCUT2D eigenvalue weighted by Gasteiger charge is -2.16. The normalized spacial score (nSPS) is 10.5. The van der Waals surface area contributed by atoms with Crippen molar-refractivity contribution in [3.8, 4) is 33.8 Å². The molecule has 0 radical (unpaired) electrons. The first kappa shape index (κ1) is 18.0.